The third kappa shape index (κ3) is 3.25. The number of alkyl halides is 1. The fourth-order valence-electron chi connectivity index (χ4n) is 1.67. The van der Waals surface area contributed by atoms with Gasteiger partial charge in [0.25, 0.3) is 0 Å². The molecule has 0 aliphatic heterocycles. The van der Waals surface area contributed by atoms with Gasteiger partial charge < -0.3 is 0 Å². The van der Waals surface area contributed by atoms with Crippen molar-refractivity contribution in [1.82, 2.24) is 4.98 Å². The molecule has 1 atom stereocenters. The maximum absolute atomic E-state index is 12.4. The van der Waals surface area contributed by atoms with Gasteiger partial charge in [0.05, 0.1) is 5.02 Å². The van der Waals surface area contributed by atoms with Crippen molar-refractivity contribution in [2.75, 3.05) is 0 Å². The summed E-state index contributed by atoms with van der Waals surface area (Å²) in [5, 5.41) is 0.359. The van der Waals surface area contributed by atoms with E-state index in [9.17, 15) is 4.79 Å². The van der Waals surface area contributed by atoms with Gasteiger partial charge >= 0.3 is 0 Å². The molecule has 1 heterocycles. The van der Waals surface area contributed by atoms with Gasteiger partial charge in [0, 0.05) is 32.8 Å². The van der Waals surface area contributed by atoms with Gasteiger partial charge in [0.1, 0.15) is 0 Å². The molecule has 19 heavy (non-hydrogen) atoms. The van der Waals surface area contributed by atoms with Crippen molar-refractivity contribution in [3.05, 3.63) is 62.8 Å². The quantitative estimate of drug-likeness (QED) is 0.522. The number of aromatic nitrogens is 1. The van der Waals surface area contributed by atoms with Crippen molar-refractivity contribution in [2.45, 2.75) is 11.8 Å². The van der Waals surface area contributed by atoms with Crippen LogP contribution in [-0.4, -0.2) is 10.8 Å². The third-order valence-corrected chi connectivity index (χ3v) is 4.20. The molecule has 0 bridgehead atoms. The maximum Gasteiger partial charge on any atom is 0.195 e. The highest BCUT2D eigenvalue weighted by atomic mass is 79.9. The maximum atomic E-state index is 12.4. The minimum atomic E-state index is -0.118. The first-order chi connectivity index (χ1) is 9.00. The summed E-state index contributed by atoms with van der Waals surface area (Å²) in [5.41, 5.74) is 2.14. The molecular formula is C14H10Br2ClNO. The molecule has 2 nitrogen and oxygen atoms in total. The summed E-state index contributed by atoms with van der Waals surface area (Å²) in [6, 6.07) is 7.28. The summed E-state index contributed by atoms with van der Waals surface area (Å²) >= 11 is 12.9. The number of hydrogen-bond donors (Lipinski definition) is 0. The van der Waals surface area contributed by atoms with Gasteiger partial charge in [-0.15, -0.1) is 0 Å². The summed E-state index contributed by atoms with van der Waals surface area (Å²) in [4.78, 5) is 16.5. The van der Waals surface area contributed by atoms with E-state index in [0.717, 1.165) is 10.0 Å². The number of carbonyl (C=O) groups is 1. The Hall–Kier alpha value is -0.710. The van der Waals surface area contributed by atoms with Gasteiger partial charge in [0.15, 0.2) is 5.78 Å². The predicted molar refractivity (Wildman–Crippen MR) is 84.2 cm³/mol. The van der Waals surface area contributed by atoms with E-state index in [1.165, 1.54) is 6.20 Å². The number of halogens is 3. The van der Waals surface area contributed by atoms with Gasteiger partial charge in [0.2, 0.25) is 0 Å². The molecule has 5 heteroatoms. The highest BCUT2D eigenvalue weighted by Crippen LogP contribution is 2.29. The first-order valence-corrected chi connectivity index (χ1v) is 7.67. The van der Waals surface area contributed by atoms with Crippen LogP contribution < -0.4 is 0 Å². The molecule has 98 valence electrons. The number of benzene rings is 1. The van der Waals surface area contributed by atoms with E-state index >= 15 is 0 Å². The molecular weight excluding hydrogens is 393 g/mol. The largest absolute Gasteiger partial charge is 0.289 e. The highest BCUT2D eigenvalue weighted by molar-refractivity contribution is 9.10. The Morgan fingerprint density at radius 2 is 2.05 bits per heavy atom. The number of nitrogens with zero attached hydrogens (tertiary/aromatic N) is 1. The van der Waals surface area contributed by atoms with Crippen LogP contribution in [0.4, 0.5) is 0 Å². The summed E-state index contributed by atoms with van der Waals surface area (Å²) in [6.45, 7) is 2.03. The summed E-state index contributed by atoms with van der Waals surface area (Å²) in [6.07, 6.45) is 3.03. The summed E-state index contributed by atoms with van der Waals surface area (Å²) in [7, 11) is 0. The zero-order chi connectivity index (χ0) is 14.0. The first-order valence-electron chi connectivity index (χ1n) is 5.58. The van der Waals surface area contributed by atoms with Crippen LogP contribution in [0.15, 0.2) is 41.1 Å². The zero-order valence-corrected chi connectivity index (χ0v) is 14.0. The van der Waals surface area contributed by atoms with Crippen molar-refractivity contribution in [1.29, 1.82) is 0 Å². The lowest BCUT2D eigenvalue weighted by atomic mass is 10.0. The number of rotatable bonds is 3. The van der Waals surface area contributed by atoms with E-state index in [1.807, 2.05) is 19.1 Å². The molecule has 2 aromatic rings. The molecule has 0 radical (unpaired) electrons. The smallest absolute Gasteiger partial charge is 0.195 e. The standard InChI is InChI=1S/C14H10Br2ClNO/c1-8(15)9-2-3-10(12(16)6-9)14(19)11-4-5-18-7-13(11)17/h2-8H,1H3. The monoisotopic (exact) mass is 401 g/mol. The molecule has 0 fully saturated rings. The number of ketones is 1. The second kappa shape index (κ2) is 6.16. The molecule has 0 N–H and O–H groups in total. The minimum Gasteiger partial charge on any atom is -0.289 e. The molecule has 1 aromatic carbocycles. The van der Waals surface area contributed by atoms with Crippen LogP contribution >= 0.6 is 43.5 Å². The lowest BCUT2D eigenvalue weighted by Gasteiger charge is -2.09. The Morgan fingerprint density at radius 1 is 1.32 bits per heavy atom. The average Bonchev–Trinajstić information content (AvgIpc) is 2.38. The first kappa shape index (κ1) is 14.7. The van der Waals surface area contributed by atoms with Gasteiger partial charge in [-0.3, -0.25) is 9.78 Å². The van der Waals surface area contributed by atoms with Crippen LogP contribution in [0.1, 0.15) is 33.2 Å². The number of hydrogen-bond acceptors (Lipinski definition) is 2. The van der Waals surface area contributed by atoms with E-state index in [-0.39, 0.29) is 10.6 Å². The molecule has 0 amide bonds. The van der Waals surface area contributed by atoms with Gasteiger partial charge in [-0.25, -0.2) is 0 Å². The van der Waals surface area contributed by atoms with Crippen molar-refractivity contribution in [3.8, 4) is 0 Å². The van der Waals surface area contributed by atoms with Gasteiger partial charge in [-0.1, -0.05) is 49.5 Å². The van der Waals surface area contributed by atoms with E-state index in [2.05, 4.69) is 36.8 Å². The Balaban J connectivity index is 2.43. The average molecular weight is 404 g/mol. The molecule has 1 aromatic heterocycles. The van der Waals surface area contributed by atoms with Crippen molar-refractivity contribution in [2.24, 2.45) is 0 Å². The van der Waals surface area contributed by atoms with Crippen molar-refractivity contribution < 1.29 is 4.79 Å². The Labute approximate surface area is 133 Å². The molecule has 0 aliphatic rings. The zero-order valence-electron chi connectivity index (χ0n) is 10.0. The molecule has 2 rings (SSSR count). The van der Waals surface area contributed by atoms with E-state index in [0.29, 0.717) is 16.1 Å². The second-order valence-corrected chi connectivity index (χ2v) is 6.67. The van der Waals surface area contributed by atoms with Crippen LogP contribution in [0.25, 0.3) is 0 Å². The van der Waals surface area contributed by atoms with E-state index < -0.39 is 0 Å². The Morgan fingerprint density at radius 3 is 2.63 bits per heavy atom. The van der Waals surface area contributed by atoms with Crippen LogP contribution in [0.2, 0.25) is 5.02 Å². The predicted octanol–water partition coefficient (Wildman–Crippen LogP) is 5.18. The van der Waals surface area contributed by atoms with Crippen LogP contribution in [0.5, 0.6) is 0 Å². The fourth-order valence-corrected chi connectivity index (χ4v) is 2.73. The van der Waals surface area contributed by atoms with E-state index in [1.54, 1.807) is 18.3 Å². The molecule has 1 unspecified atom stereocenters. The lowest BCUT2D eigenvalue weighted by Crippen LogP contribution is -2.04. The molecule has 0 saturated heterocycles. The molecule has 0 spiro atoms. The van der Waals surface area contributed by atoms with Gasteiger partial charge in [-0.2, -0.15) is 0 Å². The van der Waals surface area contributed by atoms with Crippen LogP contribution in [-0.2, 0) is 0 Å². The molecule has 0 saturated carbocycles. The second-order valence-electron chi connectivity index (χ2n) is 4.04. The van der Waals surface area contributed by atoms with Crippen LogP contribution in [0, 0.1) is 0 Å². The topological polar surface area (TPSA) is 30.0 Å². The summed E-state index contributed by atoms with van der Waals surface area (Å²) in [5.74, 6) is -0.118. The Kier molecular flexibility index (Phi) is 4.76. The minimum absolute atomic E-state index is 0.118. The number of pyridine rings is 1. The van der Waals surface area contributed by atoms with Crippen molar-refractivity contribution in [3.63, 3.8) is 0 Å². The van der Waals surface area contributed by atoms with Crippen LogP contribution in [0.3, 0.4) is 0 Å². The SMILES string of the molecule is CC(Br)c1ccc(C(=O)c2ccncc2Cl)c(Br)c1. The Bertz CT molecular complexity index is 629. The molecule has 0 aliphatic carbocycles. The van der Waals surface area contributed by atoms with Crippen molar-refractivity contribution >= 4 is 49.2 Å². The van der Waals surface area contributed by atoms with E-state index in [4.69, 9.17) is 11.6 Å². The lowest BCUT2D eigenvalue weighted by molar-refractivity contribution is 0.103. The normalized spacial score (nSPS) is 12.2. The highest BCUT2D eigenvalue weighted by Gasteiger charge is 2.16. The third-order valence-electron chi connectivity index (χ3n) is 2.71. The summed E-state index contributed by atoms with van der Waals surface area (Å²) < 4.78 is 0.758. The number of carbonyl (C=O) groups excluding carboxylic acids is 1. The van der Waals surface area contributed by atoms with Gasteiger partial charge in [-0.05, 0) is 30.7 Å². The fraction of sp³-hybridized carbons (Fsp3) is 0.143.